The van der Waals surface area contributed by atoms with Gasteiger partial charge in [0.2, 0.25) is 0 Å². The van der Waals surface area contributed by atoms with E-state index >= 15 is 0 Å². The molecule has 5 nitrogen and oxygen atoms in total. The van der Waals surface area contributed by atoms with Crippen LogP contribution in [0, 0.1) is 12.7 Å². The van der Waals surface area contributed by atoms with E-state index in [0.29, 0.717) is 32.9 Å². The van der Waals surface area contributed by atoms with Crippen molar-refractivity contribution in [3.05, 3.63) is 69.7 Å². The Bertz CT molecular complexity index is 909. The first-order chi connectivity index (χ1) is 11.4. The van der Waals surface area contributed by atoms with Crippen LogP contribution < -0.4 is 5.32 Å². The van der Waals surface area contributed by atoms with Crippen molar-refractivity contribution < 1.29 is 9.18 Å². The third kappa shape index (κ3) is 3.39. The lowest BCUT2D eigenvalue weighted by molar-refractivity contribution is 0.102. The maximum absolute atomic E-state index is 13.0. The van der Waals surface area contributed by atoms with E-state index in [-0.39, 0.29) is 0 Å². The summed E-state index contributed by atoms with van der Waals surface area (Å²) in [4.78, 5) is 16.5. The van der Waals surface area contributed by atoms with Gasteiger partial charge in [-0.25, -0.2) is 9.37 Å². The molecule has 0 spiro atoms. The highest BCUT2D eigenvalue weighted by Crippen LogP contribution is 2.25. The van der Waals surface area contributed by atoms with Crippen LogP contribution in [0.25, 0.3) is 5.82 Å². The fourth-order valence-electron chi connectivity index (χ4n) is 2.10. The van der Waals surface area contributed by atoms with Crippen molar-refractivity contribution >= 4 is 34.9 Å². The van der Waals surface area contributed by atoms with Crippen LogP contribution in [-0.2, 0) is 0 Å². The molecular weight excluding hydrogens is 354 g/mol. The number of aromatic nitrogens is 3. The molecule has 0 aliphatic heterocycles. The third-order valence-corrected chi connectivity index (χ3v) is 3.65. The average molecular weight is 365 g/mol. The molecule has 0 bridgehead atoms. The van der Waals surface area contributed by atoms with E-state index in [1.807, 2.05) is 0 Å². The second kappa shape index (κ2) is 6.59. The number of hydrogen-bond donors (Lipinski definition) is 1. The van der Waals surface area contributed by atoms with Crippen molar-refractivity contribution in [1.82, 2.24) is 14.8 Å². The Morgan fingerprint density at radius 3 is 2.58 bits per heavy atom. The minimum absolute atomic E-state index is 0.294. The molecule has 8 heteroatoms. The summed E-state index contributed by atoms with van der Waals surface area (Å²) in [6.45, 7) is 1.77. The van der Waals surface area contributed by atoms with Crippen LogP contribution in [-0.4, -0.2) is 20.7 Å². The lowest BCUT2D eigenvalue weighted by Crippen LogP contribution is -2.15. The number of amides is 1. The third-order valence-electron chi connectivity index (χ3n) is 3.17. The Hall–Kier alpha value is -2.44. The van der Waals surface area contributed by atoms with Gasteiger partial charge in [-0.1, -0.05) is 23.2 Å². The molecule has 3 rings (SSSR count). The molecule has 0 atom stereocenters. The van der Waals surface area contributed by atoms with Gasteiger partial charge in [0.15, 0.2) is 5.82 Å². The number of nitrogens with zero attached hydrogens (tertiary/aromatic N) is 3. The summed E-state index contributed by atoms with van der Waals surface area (Å²) in [7, 11) is 0. The van der Waals surface area contributed by atoms with Crippen molar-refractivity contribution in [1.29, 1.82) is 0 Å². The molecule has 1 aromatic carbocycles. The van der Waals surface area contributed by atoms with Gasteiger partial charge in [-0.2, -0.15) is 9.78 Å². The monoisotopic (exact) mass is 364 g/mol. The number of carbonyl (C=O) groups is 1. The van der Waals surface area contributed by atoms with Gasteiger partial charge in [-0.05, 0) is 37.3 Å². The number of nitrogens with one attached hydrogen (secondary N) is 1. The first-order valence-corrected chi connectivity index (χ1v) is 7.64. The van der Waals surface area contributed by atoms with Crippen LogP contribution >= 0.6 is 23.2 Å². The number of carbonyl (C=O) groups excluding carboxylic acids is 1. The molecule has 1 amide bonds. The first kappa shape index (κ1) is 16.4. The van der Waals surface area contributed by atoms with Gasteiger partial charge in [0, 0.05) is 17.8 Å². The van der Waals surface area contributed by atoms with Crippen molar-refractivity contribution in [3.8, 4) is 5.82 Å². The molecule has 0 radical (unpaired) electrons. The van der Waals surface area contributed by atoms with E-state index in [4.69, 9.17) is 23.2 Å². The highest BCUT2D eigenvalue weighted by atomic mass is 35.5. The summed E-state index contributed by atoms with van der Waals surface area (Å²) < 4.78 is 14.4. The van der Waals surface area contributed by atoms with Crippen LogP contribution in [0.1, 0.15) is 16.1 Å². The Kier molecular flexibility index (Phi) is 4.51. The lowest BCUT2D eigenvalue weighted by atomic mass is 10.2. The molecule has 0 fully saturated rings. The molecule has 0 saturated carbocycles. The van der Waals surface area contributed by atoms with Crippen LogP contribution in [0.2, 0.25) is 10.0 Å². The molecule has 24 heavy (non-hydrogen) atoms. The van der Waals surface area contributed by atoms with E-state index in [1.54, 1.807) is 13.0 Å². The van der Waals surface area contributed by atoms with Crippen LogP contribution in [0.5, 0.6) is 0 Å². The molecule has 0 saturated heterocycles. The largest absolute Gasteiger partial charge is 0.306 e. The molecule has 0 aliphatic carbocycles. The van der Waals surface area contributed by atoms with E-state index in [2.05, 4.69) is 15.4 Å². The Morgan fingerprint density at radius 2 is 1.92 bits per heavy atom. The van der Waals surface area contributed by atoms with Crippen molar-refractivity contribution in [2.45, 2.75) is 6.92 Å². The minimum Gasteiger partial charge on any atom is -0.306 e. The molecule has 2 aromatic heterocycles. The normalized spacial score (nSPS) is 10.7. The van der Waals surface area contributed by atoms with E-state index < -0.39 is 11.7 Å². The van der Waals surface area contributed by atoms with Crippen LogP contribution in [0.3, 0.4) is 0 Å². The summed E-state index contributed by atoms with van der Waals surface area (Å²) in [5.41, 5.74) is 0.981. The van der Waals surface area contributed by atoms with Gasteiger partial charge in [-0.15, -0.1) is 0 Å². The van der Waals surface area contributed by atoms with Gasteiger partial charge in [0.25, 0.3) is 5.91 Å². The number of halogens is 3. The maximum atomic E-state index is 13.0. The summed E-state index contributed by atoms with van der Waals surface area (Å²) in [5, 5.41) is 7.69. The number of benzene rings is 1. The van der Waals surface area contributed by atoms with Gasteiger partial charge in [0.05, 0.1) is 15.7 Å². The highest BCUT2D eigenvalue weighted by molar-refractivity contribution is 6.35. The molecule has 122 valence electrons. The fourth-order valence-corrected chi connectivity index (χ4v) is 2.56. The van der Waals surface area contributed by atoms with Crippen LogP contribution in [0.4, 0.5) is 10.2 Å². The van der Waals surface area contributed by atoms with E-state index in [1.165, 1.54) is 41.2 Å². The quantitative estimate of drug-likeness (QED) is 0.754. The first-order valence-electron chi connectivity index (χ1n) is 6.89. The molecule has 1 N–H and O–H groups in total. The van der Waals surface area contributed by atoms with Gasteiger partial charge < -0.3 is 5.32 Å². The van der Waals surface area contributed by atoms with Crippen molar-refractivity contribution in [2.24, 2.45) is 0 Å². The van der Waals surface area contributed by atoms with Gasteiger partial charge in [-0.3, -0.25) is 4.79 Å². The molecule has 0 aliphatic rings. The lowest BCUT2D eigenvalue weighted by Gasteiger charge is -2.09. The molecule has 0 unspecified atom stereocenters. The van der Waals surface area contributed by atoms with Gasteiger partial charge >= 0.3 is 0 Å². The molecular formula is C16H11Cl2FN4O. The summed E-state index contributed by atoms with van der Waals surface area (Å²) in [6, 6.07) is 8.43. The number of rotatable bonds is 3. The van der Waals surface area contributed by atoms with E-state index in [0.717, 1.165) is 0 Å². The number of pyridine rings is 1. The zero-order valence-electron chi connectivity index (χ0n) is 12.4. The second-order valence-electron chi connectivity index (χ2n) is 5.00. The Balaban J connectivity index is 1.94. The maximum Gasteiger partial charge on any atom is 0.256 e. The number of hydrogen-bond acceptors (Lipinski definition) is 3. The summed E-state index contributed by atoms with van der Waals surface area (Å²) in [5.74, 6) is -0.0899. The Labute approximate surface area is 147 Å². The highest BCUT2D eigenvalue weighted by Gasteiger charge is 2.15. The van der Waals surface area contributed by atoms with E-state index in [9.17, 15) is 9.18 Å². The smallest absolute Gasteiger partial charge is 0.256 e. The fraction of sp³-hybridized carbons (Fsp3) is 0.0625. The summed E-state index contributed by atoms with van der Waals surface area (Å²) in [6.07, 6.45) is 1.44. The zero-order valence-corrected chi connectivity index (χ0v) is 13.9. The predicted octanol–water partition coefficient (Wildman–Crippen LogP) is 4.27. The average Bonchev–Trinajstić information content (AvgIpc) is 2.88. The standard InChI is InChI=1S/C16H11Cl2FN4O/c1-9-6-14(21-16(24)10-2-4-12(19)5-3-10)23(22-9)15-13(18)7-11(17)8-20-15/h2-8H,1H3,(H,21,24). The Morgan fingerprint density at radius 1 is 1.21 bits per heavy atom. The van der Waals surface area contributed by atoms with Gasteiger partial charge in [0.1, 0.15) is 11.6 Å². The number of anilines is 1. The minimum atomic E-state index is -0.412. The topological polar surface area (TPSA) is 59.8 Å². The zero-order chi connectivity index (χ0) is 17.3. The number of aryl methyl sites for hydroxylation is 1. The van der Waals surface area contributed by atoms with Crippen molar-refractivity contribution in [3.63, 3.8) is 0 Å². The SMILES string of the molecule is Cc1cc(NC(=O)c2ccc(F)cc2)n(-c2ncc(Cl)cc2Cl)n1. The molecule has 3 aromatic rings. The second-order valence-corrected chi connectivity index (χ2v) is 5.85. The van der Waals surface area contributed by atoms with Crippen LogP contribution in [0.15, 0.2) is 42.6 Å². The summed E-state index contributed by atoms with van der Waals surface area (Å²) >= 11 is 12.0. The molecule has 2 heterocycles. The van der Waals surface area contributed by atoms with Crippen molar-refractivity contribution in [2.75, 3.05) is 5.32 Å². The predicted molar refractivity (Wildman–Crippen MR) is 90.5 cm³/mol.